The Hall–Kier alpha value is -2.78. The second-order valence-electron chi connectivity index (χ2n) is 9.03. The van der Waals surface area contributed by atoms with Crippen LogP contribution in [0, 0.1) is 6.92 Å². The summed E-state index contributed by atoms with van der Waals surface area (Å²) in [6, 6.07) is 16.4. The van der Waals surface area contributed by atoms with Crippen molar-refractivity contribution in [3.63, 3.8) is 0 Å². The smallest absolute Gasteiger partial charge is 0.264 e. The van der Waals surface area contributed by atoms with Crippen molar-refractivity contribution in [3.8, 4) is 0 Å². The van der Waals surface area contributed by atoms with Crippen molar-refractivity contribution < 1.29 is 18.0 Å². The molecule has 3 rings (SSSR count). The lowest BCUT2D eigenvalue weighted by Crippen LogP contribution is -2.51. The predicted molar refractivity (Wildman–Crippen MR) is 157 cm³/mol. The number of hydrogen-bond acceptors (Lipinski definition) is 4. The van der Waals surface area contributed by atoms with E-state index in [0.717, 1.165) is 9.87 Å². The number of hydrogen-bond donors (Lipinski definition) is 1. The molecule has 3 aromatic carbocycles. The summed E-state index contributed by atoms with van der Waals surface area (Å²) in [6.45, 7) is 5.20. The molecule has 0 fully saturated rings. The molecular formula is C28H30Cl3N3O4S. The molecule has 0 aliphatic heterocycles. The van der Waals surface area contributed by atoms with E-state index < -0.39 is 28.5 Å². The third-order valence-corrected chi connectivity index (χ3v) is 8.70. The Bertz CT molecular complexity index is 1410. The van der Waals surface area contributed by atoms with Gasteiger partial charge in [0.1, 0.15) is 12.6 Å². The van der Waals surface area contributed by atoms with Gasteiger partial charge in [-0.25, -0.2) is 8.42 Å². The standard InChI is InChI=1S/C28H30Cl3N3O4S/c1-4-15-32-28(36)20(3)33(17-21-7-8-23(30)16-26(21)31)27(35)18-34(24-11-9-22(29)10-12-24)39(37,38)25-13-5-19(2)6-14-25/h5-14,16,20H,4,15,17-18H2,1-3H3,(H,32,36)/t20-/m0/s1. The number of anilines is 1. The monoisotopic (exact) mass is 609 g/mol. The largest absolute Gasteiger partial charge is 0.354 e. The van der Waals surface area contributed by atoms with Gasteiger partial charge in [-0.15, -0.1) is 0 Å². The molecule has 1 N–H and O–H groups in total. The summed E-state index contributed by atoms with van der Waals surface area (Å²) < 4.78 is 28.6. The number of benzene rings is 3. The maximum absolute atomic E-state index is 13.9. The predicted octanol–water partition coefficient (Wildman–Crippen LogP) is 6.09. The number of carbonyl (C=O) groups is 2. The Kier molecular flexibility index (Phi) is 10.7. The summed E-state index contributed by atoms with van der Waals surface area (Å²) in [5, 5.41) is 3.96. The number of aryl methyl sites for hydroxylation is 1. The van der Waals surface area contributed by atoms with E-state index in [4.69, 9.17) is 34.8 Å². The highest BCUT2D eigenvalue weighted by Gasteiger charge is 2.32. The van der Waals surface area contributed by atoms with E-state index in [1.807, 2.05) is 13.8 Å². The van der Waals surface area contributed by atoms with Crippen LogP contribution in [0.1, 0.15) is 31.4 Å². The van der Waals surface area contributed by atoms with Crippen molar-refractivity contribution in [1.82, 2.24) is 10.2 Å². The molecule has 0 aromatic heterocycles. The fourth-order valence-corrected chi connectivity index (χ4v) is 5.79. The zero-order chi connectivity index (χ0) is 28.7. The molecule has 0 radical (unpaired) electrons. The molecule has 3 aromatic rings. The summed E-state index contributed by atoms with van der Waals surface area (Å²) >= 11 is 18.5. The maximum atomic E-state index is 13.9. The van der Waals surface area contributed by atoms with Gasteiger partial charge in [0, 0.05) is 28.2 Å². The SMILES string of the molecule is CCCNC(=O)[C@H](C)N(Cc1ccc(Cl)cc1Cl)C(=O)CN(c1ccc(Cl)cc1)S(=O)(=O)c1ccc(C)cc1. The molecule has 0 heterocycles. The Balaban J connectivity index is 2.03. The van der Waals surface area contributed by atoms with Crippen LogP contribution < -0.4 is 9.62 Å². The third-order valence-electron chi connectivity index (χ3n) is 6.07. The molecule has 0 spiro atoms. The van der Waals surface area contributed by atoms with Crippen LogP contribution in [-0.2, 0) is 26.2 Å². The van der Waals surface area contributed by atoms with Gasteiger partial charge in [-0.2, -0.15) is 0 Å². The molecule has 0 aliphatic carbocycles. The Morgan fingerprint density at radius 3 is 2.13 bits per heavy atom. The van der Waals surface area contributed by atoms with E-state index in [1.165, 1.54) is 29.2 Å². The van der Waals surface area contributed by atoms with Gasteiger partial charge in [0.2, 0.25) is 11.8 Å². The second kappa shape index (κ2) is 13.5. The molecule has 208 valence electrons. The van der Waals surface area contributed by atoms with Crippen LogP contribution in [0.5, 0.6) is 0 Å². The summed E-state index contributed by atoms with van der Waals surface area (Å²) in [5.74, 6) is -0.958. The molecule has 0 saturated heterocycles. The Morgan fingerprint density at radius 1 is 0.923 bits per heavy atom. The molecule has 2 amide bonds. The van der Waals surface area contributed by atoms with Gasteiger partial charge in [0.25, 0.3) is 10.0 Å². The zero-order valence-corrected chi connectivity index (χ0v) is 24.9. The Morgan fingerprint density at radius 2 is 1.54 bits per heavy atom. The van der Waals surface area contributed by atoms with Crippen LogP contribution in [0.3, 0.4) is 0 Å². The lowest BCUT2D eigenvalue weighted by atomic mass is 10.1. The van der Waals surface area contributed by atoms with E-state index in [0.29, 0.717) is 33.6 Å². The quantitative estimate of drug-likeness (QED) is 0.285. The number of halogens is 3. The van der Waals surface area contributed by atoms with E-state index in [9.17, 15) is 18.0 Å². The van der Waals surface area contributed by atoms with Crippen LogP contribution in [0.4, 0.5) is 5.69 Å². The number of rotatable bonds is 11. The number of carbonyl (C=O) groups excluding carboxylic acids is 2. The average Bonchev–Trinajstić information content (AvgIpc) is 2.90. The maximum Gasteiger partial charge on any atom is 0.264 e. The lowest BCUT2D eigenvalue weighted by Gasteiger charge is -2.32. The number of nitrogens with one attached hydrogen (secondary N) is 1. The van der Waals surface area contributed by atoms with Crippen LogP contribution >= 0.6 is 34.8 Å². The zero-order valence-electron chi connectivity index (χ0n) is 21.8. The molecule has 0 bridgehead atoms. The fourth-order valence-electron chi connectivity index (χ4n) is 3.79. The minimum absolute atomic E-state index is 0.0249. The molecular weight excluding hydrogens is 581 g/mol. The highest BCUT2D eigenvalue weighted by molar-refractivity contribution is 7.92. The van der Waals surface area contributed by atoms with Crippen LogP contribution in [0.2, 0.25) is 15.1 Å². The van der Waals surface area contributed by atoms with E-state index in [1.54, 1.807) is 49.4 Å². The van der Waals surface area contributed by atoms with Crippen molar-refractivity contribution in [2.24, 2.45) is 0 Å². The first-order chi connectivity index (χ1) is 18.4. The van der Waals surface area contributed by atoms with E-state index in [-0.39, 0.29) is 23.0 Å². The van der Waals surface area contributed by atoms with Crippen LogP contribution in [0.25, 0.3) is 0 Å². The second-order valence-corrected chi connectivity index (χ2v) is 12.2. The van der Waals surface area contributed by atoms with Gasteiger partial charge in [-0.05, 0) is 74.4 Å². The highest BCUT2D eigenvalue weighted by atomic mass is 35.5. The normalized spacial score (nSPS) is 12.1. The Labute approximate surface area is 244 Å². The molecule has 0 unspecified atom stereocenters. The number of sulfonamides is 1. The van der Waals surface area contributed by atoms with Crippen LogP contribution in [0.15, 0.2) is 71.6 Å². The van der Waals surface area contributed by atoms with Crippen molar-refractivity contribution in [3.05, 3.63) is 92.9 Å². The van der Waals surface area contributed by atoms with Crippen molar-refractivity contribution >= 4 is 62.3 Å². The first-order valence-corrected chi connectivity index (χ1v) is 14.9. The topological polar surface area (TPSA) is 86.8 Å². The minimum Gasteiger partial charge on any atom is -0.354 e. The lowest BCUT2D eigenvalue weighted by molar-refractivity contribution is -0.139. The summed E-state index contributed by atoms with van der Waals surface area (Å²) in [4.78, 5) is 28.1. The number of amides is 2. The van der Waals surface area contributed by atoms with Gasteiger partial charge in [-0.1, -0.05) is 65.5 Å². The van der Waals surface area contributed by atoms with Crippen molar-refractivity contribution in [1.29, 1.82) is 0 Å². The van der Waals surface area contributed by atoms with Gasteiger partial charge >= 0.3 is 0 Å². The fraction of sp³-hybridized carbons (Fsp3) is 0.286. The third kappa shape index (κ3) is 7.88. The molecule has 0 saturated carbocycles. The van der Waals surface area contributed by atoms with Gasteiger partial charge in [0.05, 0.1) is 10.6 Å². The first kappa shape index (κ1) is 30.8. The summed E-state index contributed by atoms with van der Waals surface area (Å²) in [6.07, 6.45) is 0.717. The van der Waals surface area contributed by atoms with Gasteiger partial charge in [0.15, 0.2) is 0 Å². The minimum atomic E-state index is -4.16. The summed E-state index contributed by atoms with van der Waals surface area (Å²) in [5.41, 5.74) is 1.70. The molecule has 7 nitrogen and oxygen atoms in total. The van der Waals surface area contributed by atoms with Crippen LogP contribution in [-0.4, -0.2) is 44.3 Å². The molecule has 11 heteroatoms. The van der Waals surface area contributed by atoms with E-state index >= 15 is 0 Å². The van der Waals surface area contributed by atoms with E-state index in [2.05, 4.69) is 5.32 Å². The first-order valence-electron chi connectivity index (χ1n) is 12.3. The summed E-state index contributed by atoms with van der Waals surface area (Å²) in [7, 11) is -4.16. The molecule has 1 atom stereocenters. The average molecular weight is 611 g/mol. The molecule has 39 heavy (non-hydrogen) atoms. The van der Waals surface area contributed by atoms with Gasteiger partial charge in [-0.3, -0.25) is 13.9 Å². The molecule has 0 aliphatic rings. The highest BCUT2D eigenvalue weighted by Crippen LogP contribution is 2.27. The van der Waals surface area contributed by atoms with Crippen molar-refractivity contribution in [2.75, 3.05) is 17.4 Å². The van der Waals surface area contributed by atoms with Crippen molar-refractivity contribution in [2.45, 2.75) is 44.7 Å². The number of nitrogens with zero attached hydrogens (tertiary/aromatic N) is 2. The van der Waals surface area contributed by atoms with Gasteiger partial charge < -0.3 is 10.2 Å².